The topological polar surface area (TPSA) is 98.9 Å². The van der Waals surface area contributed by atoms with Crippen LogP contribution in [-0.4, -0.2) is 33.9 Å². The zero-order chi connectivity index (χ0) is 18.9. The second-order valence-corrected chi connectivity index (χ2v) is 7.72. The molecule has 8 nitrogen and oxygen atoms in total. The molecule has 0 atom stereocenters. The first kappa shape index (κ1) is 18.4. The van der Waals surface area contributed by atoms with E-state index in [0.717, 1.165) is 37.9 Å². The highest BCUT2D eigenvalue weighted by molar-refractivity contribution is 7.92. The summed E-state index contributed by atoms with van der Waals surface area (Å²) < 4.78 is 65.8. The third kappa shape index (κ3) is 4.23. The van der Waals surface area contributed by atoms with Crippen LogP contribution in [0, 0.1) is 0 Å². The Hall–Kier alpha value is -2.37. The van der Waals surface area contributed by atoms with Gasteiger partial charge in [0.1, 0.15) is 17.3 Å². The van der Waals surface area contributed by atoms with Gasteiger partial charge in [0.25, 0.3) is 10.0 Å². The first-order chi connectivity index (χ1) is 12.1. The van der Waals surface area contributed by atoms with E-state index in [4.69, 9.17) is 0 Å². The van der Waals surface area contributed by atoms with E-state index >= 15 is 0 Å². The van der Waals surface area contributed by atoms with Crippen molar-refractivity contribution >= 4 is 15.8 Å². The average molecular weight is 391 g/mol. The van der Waals surface area contributed by atoms with Gasteiger partial charge in [0.2, 0.25) is 0 Å². The molecule has 2 aromatic heterocycles. The van der Waals surface area contributed by atoms with Crippen LogP contribution in [-0.2, 0) is 16.6 Å². The second kappa shape index (κ2) is 6.74. The number of hydrogen-bond acceptors (Lipinski definition) is 5. The number of sulfonamides is 1. The summed E-state index contributed by atoms with van der Waals surface area (Å²) in [5, 5.41) is 4.06. The minimum atomic E-state index is -4.58. The molecular formula is C14H16F3N5O3S. The second-order valence-electron chi connectivity index (χ2n) is 6.04. The highest BCUT2D eigenvalue weighted by Gasteiger charge is 2.29. The van der Waals surface area contributed by atoms with Crippen LogP contribution >= 0.6 is 0 Å². The van der Waals surface area contributed by atoms with Gasteiger partial charge in [-0.3, -0.25) is 14.0 Å². The van der Waals surface area contributed by atoms with Crippen molar-refractivity contribution < 1.29 is 21.6 Å². The number of aromatic nitrogens is 4. The molecule has 0 spiro atoms. The lowest BCUT2D eigenvalue weighted by atomic mass is 10.3. The molecule has 1 fully saturated rings. The van der Waals surface area contributed by atoms with Crippen LogP contribution < -0.4 is 10.4 Å². The lowest BCUT2D eigenvalue weighted by molar-refractivity contribution is -0.141. The molecule has 0 aromatic carbocycles. The fourth-order valence-corrected chi connectivity index (χ4v) is 3.76. The summed E-state index contributed by atoms with van der Waals surface area (Å²) in [6, 6.07) is 1.15. The summed E-state index contributed by atoms with van der Waals surface area (Å²) >= 11 is 0. The Kier molecular flexibility index (Phi) is 4.78. The zero-order valence-corrected chi connectivity index (χ0v) is 14.3. The van der Waals surface area contributed by atoms with Crippen LogP contribution in [0.2, 0.25) is 0 Å². The van der Waals surface area contributed by atoms with Gasteiger partial charge in [-0.15, -0.1) is 0 Å². The van der Waals surface area contributed by atoms with E-state index in [0.29, 0.717) is 4.57 Å². The Balaban J connectivity index is 1.77. The van der Waals surface area contributed by atoms with E-state index in [-0.39, 0.29) is 16.8 Å². The van der Waals surface area contributed by atoms with Gasteiger partial charge in [0, 0.05) is 12.4 Å². The predicted octanol–water partition coefficient (Wildman–Crippen LogP) is 1.92. The summed E-state index contributed by atoms with van der Waals surface area (Å²) in [5.41, 5.74) is -1.20. The third-order valence-corrected chi connectivity index (χ3v) is 5.36. The molecule has 0 unspecified atom stereocenters. The van der Waals surface area contributed by atoms with E-state index in [9.17, 15) is 26.4 Å². The Morgan fingerprint density at radius 1 is 1.27 bits per heavy atom. The van der Waals surface area contributed by atoms with E-state index in [1.807, 2.05) is 0 Å². The van der Waals surface area contributed by atoms with Crippen molar-refractivity contribution in [2.75, 3.05) is 4.72 Å². The molecule has 1 N–H and O–H groups in total. The van der Waals surface area contributed by atoms with Crippen molar-refractivity contribution in [3.05, 3.63) is 35.1 Å². The number of nitrogens with one attached hydrogen (secondary N) is 1. The Morgan fingerprint density at radius 3 is 2.58 bits per heavy atom. The quantitative estimate of drug-likeness (QED) is 0.840. The third-order valence-electron chi connectivity index (χ3n) is 4.05. The first-order valence-electron chi connectivity index (χ1n) is 7.85. The smallest absolute Gasteiger partial charge is 0.290 e. The summed E-state index contributed by atoms with van der Waals surface area (Å²) in [7, 11) is -4.05. The van der Waals surface area contributed by atoms with Crippen LogP contribution in [0.5, 0.6) is 0 Å². The van der Waals surface area contributed by atoms with Gasteiger partial charge in [-0.05, 0) is 18.9 Å². The predicted molar refractivity (Wildman–Crippen MR) is 85.1 cm³/mol. The fourth-order valence-electron chi connectivity index (χ4n) is 2.82. The molecule has 1 saturated carbocycles. The number of hydrogen-bond donors (Lipinski definition) is 1. The van der Waals surface area contributed by atoms with E-state index in [1.54, 1.807) is 4.68 Å². The molecule has 0 amide bonds. The Labute approximate surface area is 146 Å². The molecule has 12 heteroatoms. The summed E-state index contributed by atoms with van der Waals surface area (Å²) in [6.07, 6.45) is 2.80. The van der Waals surface area contributed by atoms with Crippen molar-refractivity contribution in [1.29, 1.82) is 0 Å². The molecule has 2 heterocycles. The van der Waals surface area contributed by atoms with Gasteiger partial charge in [0.05, 0.1) is 12.2 Å². The monoisotopic (exact) mass is 391 g/mol. The number of nitrogens with zero attached hydrogens (tertiary/aromatic N) is 4. The van der Waals surface area contributed by atoms with Crippen LogP contribution in [0.4, 0.5) is 19.0 Å². The maximum Gasteiger partial charge on any atom is 0.406 e. The van der Waals surface area contributed by atoms with Gasteiger partial charge in [-0.25, -0.2) is 13.2 Å². The minimum Gasteiger partial charge on any atom is -0.290 e. The minimum absolute atomic E-state index is 0.106. The molecule has 0 radical (unpaired) electrons. The number of anilines is 1. The molecule has 0 saturated heterocycles. The van der Waals surface area contributed by atoms with Gasteiger partial charge in [0.15, 0.2) is 0 Å². The molecule has 26 heavy (non-hydrogen) atoms. The van der Waals surface area contributed by atoms with Gasteiger partial charge in [-0.2, -0.15) is 23.3 Å². The van der Waals surface area contributed by atoms with E-state index in [2.05, 4.69) is 14.8 Å². The molecular weight excluding hydrogens is 375 g/mol. The lowest BCUT2D eigenvalue weighted by Crippen LogP contribution is -2.30. The maximum absolute atomic E-state index is 12.4. The fraction of sp³-hybridized carbons (Fsp3) is 0.500. The van der Waals surface area contributed by atoms with Crippen molar-refractivity contribution in [3.63, 3.8) is 0 Å². The van der Waals surface area contributed by atoms with Crippen LogP contribution in [0.25, 0.3) is 0 Å². The summed E-state index contributed by atoms with van der Waals surface area (Å²) in [4.78, 5) is 14.9. The average Bonchev–Trinajstić information content (AvgIpc) is 3.18. The zero-order valence-electron chi connectivity index (χ0n) is 13.5. The standard InChI is InChI=1S/C14H16F3N5O3S/c15-14(16,17)9-21-6-5-12(19-13(21)23)20-26(24,25)11-7-18-22(8-11)10-3-1-2-4-10/h5-8,10H,1-4,9H2,(H,19,20,23). The van der Waals surface area contributed by atoms with Gasteiger partial charge < -0.3 is 0 Å². The van der Waals surface area contributed by atoms with E-state index in [1.165, 1.54) is 12.4 Å². The maximum atomic E-state index is 12.4. The van der Waals surface area contributed by atoms with Crippen molar-refractivity contribution in [1.82, 2.24) is 19.3 Å². The molecule has 1 aliphatic carbocycles. The van der Waals surface area contributed by atoms with Crippen molar-refractivity contribution in [3.8, 4) is 0 Å². The molecule has 3 rings (SSSR count). The molecule has 0 aliphatic heterocycles. The van der Waals surface area contributed by atoms with E-state index < -0.39 is 28.4 Å². The Bertz CT molecular complexity index is 945. The molecule has 2 aromatic rings. The number of alkyl halides is 3. The lowest BCUT2D eigenvalue weighted by Gasteiger charge is -2.10. The highest BCUT2D eigenvalue weighted by atomic mass is 32.2. The van der Waals surface area contributed by atoms with Gasteiger partial charge in [-0.1, -0.05) is 12.8 Å². The van der Waals surface area contributed by atoms with Crippen molar-refractivity contribution in [2.24, 2.45) is 0 Å². The van der Waals surface area contributed by atoms with Crippen LogP contribution in [0.1, 0.15) is 31.7 Å². The normalized spacial score (nSPS) is 16.1. The summed E-state index contributed by atoms with van der Waals surface area (Å²) in [6.45, 7) is -1.50. The van der Waals surface area contributed by atoms with Gasteiger partial charge >= 0.3 is 11.9 Å². The molecule has 142 valence electrons. The number of rotatable bonds is 5. The van der Waals surface area contributed by atoms with Crippen molar-refractivity contribution in [2.45, 2.75) is 49.3 Å². The Morgan fingerprint density at radius 2 is 1.96 bits per heavy atom. The first-order valence-corrected chi connectivity index (χ1v) is 9.34. The SMILES string of the molecule is O=c1nc(NS(=O)(=O)c2cnn(C3CCCC3)c2)ccn1CC(F)(F)F. The number of halogens is 3. The molecule has 1 aliphatic rings. The summed E-state index contributed by atoms with van der Waals surface area (Å²) in [5.74, 6) is -0.359. The largest absolute Gasteiger partial charge is 0.406 e. The molecule has 0 bridgehead atoms. The highest BCUT2D eigenvalue weighted by Crippen LogP contribution is 2.29. The van der Waals surface area contributed by atoms with Crippen LogP contribution in [0.3, 0.4) is 0 Å². The van der Waals surface area contributed by atoms with Crippen LogP contribution in [0.15, 0.2) is 34.3 Å².